The molecule has 1 aromatic heterocycles. The Morgan fingerprint density at radius 2 is 1.93 bits per heavy atom. The van der Waals surface area contributed by atoms with Crippen LogP contribution in [-0.4, -0.2) is 14.3 Å². The first kappa shape index (κ1) is 18.2. The third-order valence-electron chi connectivity index (χ3n) is 4.60. The van der Waals surface area contributed by atoms with Crippen LogP contribution in [0.25, 0.3) is 0 Å². The molecule has 1 atom stereocenters. The monoisotopic (exact) mass is 417 g/mol. The van der Waals surface area contributed by atoms with Crippen LogP contribution in [0.5, 0.6) is 0 Å². The van der Waals surface area contributed by atoms with E-state index in [1.165, 1.54) is 11.3 Å². The summed E-state index contributed by atoms with van der Waals surface area (Å²) in [5.74, 6) is -0.412. The van der Waals surface area contributed by atoms with E-state index in [0.29, 0.717) is 10.7 Å². The van der Waals surface area contributed by atoms with Crippen molar-refractivity contribution in [2.45, 2.75) is 29.1 Å². The van der Waals surface area contributed by atoms with Gasteiger partial charge in [-0.05, 0) is 42.3 Å². The van der Waals surface area contributed by atoms with Crippen molar-refractivity contribution in [1.29, 1.82) is 0 Å². The van der Waals surface area contributed by atoms with Gasteiger partial charge in [-0.3, -0.25) is 4.79 Å². The van der Waals surface area contributed by atoms with Gasteiger partial charge in [0.1, 0.15) is 4.90 Å². The van der Waals surface area contributed by atoms with Crippen LogP contribution in [0.15, 0.2) is 63.7 Å². The van der Waals surface area contributed by atoms with Crippen molar-refractivity contribution in [1.82, 2.24) is 0 Å². The smallest absolute Gasteiger partial charge is 0.225 e. The number of carbonyl (C=O) groups is 1. The number of aryl methyl sites for hydroxylation is 1. The van der Waals surface area contributed by atoms with E-state index in [-0.39, 0.29) is 28.0 Å². The number of carbonyl (C=O) groups excluding carboxylic acids is 1. The van der Waals surface area contributed by atoms with E-state index in [1.54, 1.807) is 29.6 Å². The molecule has 0 unspecified atom stereocenters. The van der Waals surface area contributed by atoms with E-state index >= 15 is 0 Å². The Balaban J connectivity index is 1.85. The van der Waals surface area contributed by atoms with Crippen molar-refractivity contribution in [3.05, 3.63) is 74.9 Å². The first-order valence-electron chi connectivity index (χ1n) is 8.35. The molecule has 1 aliphatic heterocycles. The Morgan fingerprint density at radius 3 is 2.67 bits per heavy atom. The van der Waals surface area contributed by atoms with Crippen molar-refractivity contribution in [3.8, 4) is 0 Å². The number of anilines is 1. The number of hydrogen-bond acceptors (Lipinski definition) is 4. The molecular formula is C20H16ClNO3S2. The predicted molar refractivity (Wildman–Crippen MR) is 107 cm³/mol. The van der Waals surface area contributed by atoms with Crippen LogP contribution in [0.3, 0.4) is 0 Å². The van der Waals surface area contributed by atoms with Gasteiger partial charge < -0.3 is 5.32 Å². The highest BCUT2D eigenvalue weighted by molar-refractivity contribution is 7.91. The molecule has 4 nitrogen and oxygen atoms in total. The van der Waals surface area contributed by atoms with Crippen molar-refractivity contribution in [2.75, 3.05) is 5.32 Å². The molecule has 0 saturated heterocycles. The van der Waals surface area contributed by atoms with E-state index in [4.69, 9.17) is 11.6 Å². The summed E-state index contributed by atoms with van der Waals surface area (Å²) in [7, 11) is -3.73. The summed E-state index contributed by atoms with van der Waals surface area (Å²) in [6.45, 7) is 1.85. The molecule has 0 bridgehead atoms. The van der Waals surface area contributed by atoms with Gasteiger partial charge in [0.05, 0.1) is 10.6 Å². The number of fused-ring (bicyclic) bond motifs is 1. The maximum absolute atomic E-state index is 13.2. The van der Waals surface area contributed by atoms with E-state index in [2.05, 4.69) is 5.32 Å². The fourth-order valence-corrected chi connectivity index (χ4v) is 6.52. The molecule has 0 saturated carbocycles. The summed E-state index contributed by atoms with van der Waals surface area (Å²) in [5.41, 5.74) is 2.16. The van der Waals surface area contributed by atoms with Crippen LogP contribution in [0, 0.1) is 6.92 Å². The van der Waals surface area contributed by atoms with Crippen LogP contribution in [0.4, 0.5) is 5.69 Å². The standard InChI is InChI=1S/C20H16ClNO3S2/c1-12-4-2-7-15(8-12)27(24,25)17-11-26-20-16(10-18(23)22-19(17)20)13-5-3-6-14(21)9-13/h2-9,11,16H,10H2,1H3,(H,22,23)/t16-/m0/s1. The van der Waals surface area contributed by atoms with Gasteiger partial charge in [0.15, 0.2) is 0 Å². The molecule has 3 aromatic rings. The maximum atomic E-state index is 13.2. The SMILES string of the molecule is Cc1cccc(S(=O)(=O)c2csc3c2NC(=O)C[C@H]3c2cccc(Cl)c2)c1. The zero-order valence-electron chi connectivity index (χ0n) is 14.4. The van der Waals surface area contributed by atoms with Gasteiger partial charge >= 0.3 is 0 Å². The fraction of sp³-hybridized carbons (Fsp3) is 0.150. The minimum Gasteiger partial charge on any atom is -0.324 e. The second kappa shape index (κ2) is 6.78. The lowest BCUT2D eigenvalue weighted by atomic mass is 9.91. The highest BCUT2D eigenvalue weighted by Gasteiger charge is 2.34. The Morgan fingerprint density at radius 1 is 1.15 bits per heavy atom. The average molecular weight is 418 g/mol. The highest BCUT2D eigenvalue weighted by atomic mass is 35.5. The van der Waals surface area contributed by atoms with Crippen molar-refractivity contribution < 1.29 is 13.2 Å². The van der Waals surface area contributed by atoms with Crippen LogP contribution in [0.2, 0.25) is 5.02 Å². The number of hydrogen-bond donors (Lipinski definition) is 1. The third kappa shape index (κ3) is 3.29. The summed E-state index contributed by atoms with van der Waals surface area (Å²) >= 11 is 7.46. The quantitative estimate of drug-likeness (QED) is 0.651. The molecule has 27 heavy (non-hydrogen) atoms. The summed E-state index contributed by atoms with van der Waals surface area (Å²) in [6, 6.07) is 14.1. The van der Waals surface area contributed by atoms with Gasteiger partial charge in [-0.2, -0.15) is 0 Å². The van der Waals surface area contributed by atoms with Gasteiger partial charge in [0.2, 0.25) is 15.7 Å². The second-order valence-corrected chi connectivity index (χ2v) is 9.78. The van der Waals surface area contributed by atoms with Gasteiger partial charge in [-0.1, -0.05) is 35.9 Å². The zero-order valence-corrected chi connectivity index (χ0v) is 16.8. The molecule has 0 radical (unpaired) electrons. The number of rotatable bonds is 3. The summed E-state index contributed by atoms with van der Waals surface area (Å²) in [5, 5.41) is 4.98. The highest BCUT2D eigenvalue weighted by Crippen LogP contribution is 2.46. The number of thiophene rings is 1. The molecule has 0 aliphatic carbocycles. The maximum Gasteiger partial charge on any atom is 0.225 e. The topological polar surface area (TPSA) is 63.2 Å². The number of sulfone groups is 1. The van der Waals surface area contributed by atoms with E-state index in [1.807, 2.05) is 31.2 Å². The van der Waals surface area contributed by atoms with E-state index < -0.39 is 9.84 Å². The Hall–Kier alpha value is -2.15. The Kier molecular flexibility index (Phi) is 4.58. The molecule has 1 amide bonds. The van der Waals surface area contributed by atoms with Crippen LogP contribution in [0.1, 0.15) is 28.3 Å². The molecule has 4 rings (SSSR count). The Labute approximate surface area is 166 Å². The molecular weight excluding hydrogens is 402 g/mol. The normalized spacial score (nSPS) is 16.7. The molecule has 2 aromatic carbocycles. The lowest BCUT2D eigenvalue weighted by Crippen LogP contribution is -2.23. The number of halogens is 1. The van der Waals surface area contributed by atoms with E-state index in [0.717, 1.165) is 16.0 Å². The summed E-state index contributed by atoms with van der Waals surface area (Å²) < 4.78 is 26.3. The summed E-state index contributed by atoms with van der Waals surface area (Å²) in [4.78, 5) is 13.5. The second-order valence-electron chi connectivity index (χ2n) is 6.52. The van der Waals surface area contributed by atoms with Gasteiger partial charge in [-0.25, -0.2) is 8.42 Å². The molecule has 1 aliphatic rings. The lowest BCUT2D eigenvalue weighted by Gasteiger charge is -2.24. The lowest BCUT2D eigenvalue weighted by molar-refractivity contribution is -0.116. The van der Waals surface area contributed by atoms with Crippen LogP contribution < -0.4 is 5.32 Å². The predicted octanol–water partition coefficient (Wildman–Crippen LogP) is 5.02. The largest absolute Gasteiger partial charge is 0.324 e. The Bertz CT molecular complexity index is 1150. The van der Waals surface area contributed by atoms with Crippen molar-refractivity contribution in [3.63, 3.8) is 0 Å². The zero-order chi connectivity index (χ0) is 19.2. The first-order chi connectivity index (χ1) is 12.9. The molecule has 2 heterocycles. The number of benzene rings is 2. The molecule has 0 spiro atoms. The van der Waals surface area contributed by atoms with Crippen LogP contribution in [-0.2, 0) is 14.6 Å². The van der Waals surface area contributed by atoms with Gasteiger partial charge in [-0.15, -0.1) is 11.3 Å². The van der Waals surface area contributed by atoms with Crippen molar-refractivity contribution in [2.24, 2.45) is 0 Å². The number of nitrogens with one attached hydrogen (secondary N) is 1. The molecule has 0 fully saturated rings. The van der Waals surface area contributed by atoms with Crippen molar-refractivity contribution >= 4 is 44.4 Å². The van der Waals surface area contributed by atoms with Gasteiger partial charge in [0, 0.05) is 27.6 Å². The van der Waals surface area contributed by atoms with Gasteiger partial charge in [0.25, 0.3) is 0 Å². The minimum absolute atomic E-state index is 0.146. The molecule has 7 heteroatoms. The minimum atomic E-state index is -3.73. The first-order valence-corrected chi connectivity index (χ1v) is 11.1. The van der Waals surface area contributed by atoms with E-state index in [9.17, 15) is 13.2 Å². The fourth-order valence-electron chi connectivity index (χ4n) is 3.30. The third-order valence-corrected chi connectivity index (χ3v) is 7.85. The molecule has 138 valence electrons. The summed E-state index contributed by atoms with van der Waals surface area (Å²) in [6.07, 6.45) is 0.262. The number of amides is 1. The van der Waals surface area contributed by atoms with Crippen LogP contribution >= 0.6 is 22.9 Å². The molecule has 1 N–H and O–H groups in total. The average Bonchev–Trinajstić information content (AvgIpc) is 3.05.